The van der Waals surface area contributed by atoms with E-state index in [1.165, 1.54) is 16.1 Å². The lowest BCUT2D eigenvalue weighted by Crippen LogP contribution is -2.45. The summed E-state index contributed by atoms with van der Waals surface area (Å²) in [6.07, 6.45) is 1.04. The van der Waals surface area contributed by atoms with E-state index < -0.39 is 22.0 Å². The van der Waals surface area contributed by atoms with Crippen LogP contribution in [0.15, 0.2) is 41.2 Å². The van der Waals surface area contributed by atoms with Crippen LogP contribution in [0.1, 0.15) is 6.92 Å². The molecule has 10 nitrogen and oxygen atoms in total. The summed E-state index contributed by atoms with van der Waals surface area (Å²) in [6, 6.07) is 8.76. The normalized spacial score (nSPS) is 14.2. The molecule has 1 aliphatic rings. The highest BCUT2D eigenvalue weighted by Crippen LogP contribution is 2.35. The van der Waals surface area contributed by atoms with Gasteiger partial charge in [0.1, 0.15) is 19.3 Å². The van der Waals surface area contributed by atoms with Gasteiger partial charge in [-0.3, -0.25) is 18.2 Å². The number of hydrogen-bond donors (Lipinski definition) is 1. The van der Waals surface area contributed by atoms with Crippen molar-refractivity contribution in [3.05, 3.63) is 46.9 Å². The molecule has 1 amide bonds. The number of carbonyl (C=O) groups excluding carboxylic acids is 1. The van der Waals surface area contributed by atoms with Crippen LogP contribution in [0, 0.1) is 0 Å². The van der Waals surface area contributed by atoms with E-state index in [0.717, 1.165) is 16.1 Å². The summed E-state index contributed by atoms with van der Waals surface area (Å²) < 4.78 is 40.2. The molecule has 11 heteroatoms. The first-order chi connectivity index (χ1) is 15.1. The van der Waals surface area contributed by atoms with E-state index >= 15 is 0 Å². The van der Waals surface area contributed by atoms with E-state index in [-0.39, 0.29) is 5.69 Å². The molecule has 1 aromatic heterocycles. The summed E-state index contributed by atoms with van der Waals surface area (Å²) >= 11 is 0. The van der Waals surface area contributed by atoms with Gasteiger partial charge in [0.15, 0.2) is 11.5 Å². The summed E-state index contributed by atoms with van der Waals surface area (Å²) in [7, 11) is -0.483. The molecule has 1 atom stereocenters. The molecule has 4 rings (SSSR count). The molecular formula is C21H24N4O6S. The fourth-order valence-electron chi connectivity index (χ4n) is 3.81. The molecule has 170 valence electrons. The zero-order chi connectivity index (χ0) is 23.2. The Bertz CT molecular complexity index is 1370. The number of amides is 1. The van der Waals surface area contributed by atoms with Crippen LogP contribution in [0.4, 0.5) is 11.4 Å². The second-order valence-corrected chi connectivity index (χ2v) is 9.52. The molecule has 0 saturated heterocycles. The number of aromatic nitrogens is 2. The SMILES string of the molecule is C[C@@H](C(=O)Nc1ccc2c(c1)n(C)c(=O)n2C)N(c1ccc2c(c1)OCCO2)S(C)(=O)=O. The van der Waals surface area contributed by atoms with Crippen LogP contribution >= 0.6 is 0 Å². The second-order valence-electron chi connectivity index (χ2n) is 7.66. The first kappa shape index (κ1) is 21.8. The van der Waals surface area contributed by atoms with Crippen molar-refractivity contribution < 1.29 is 22.7 Å². The maximum absolute atomic E-state index is 13.0. The van der Waals surface area contributed by atoms with E-state index in [4.69, 9.17) is 9.47 Å². The third-order valence-corrected chi connectivity index (χ3v) is 6.65. The van der Waals surface area contributed by atoms with Gasteiger partial charge in [-0.25, -0.2) is 13.2 Å². The van der Waals surface area contributed by atoms with Gasteiger partial charge in [0, 0.05) is 25.8 Å². The highest BCUT2D eigenvalue weighted by Gasteiger charge is 2.30. The third kappa shape index (κ3) is 3.79. The zero-order valence-corrected chi connectivity index (χ0v) is 19.0. The van der Waals surface area contributed by atoms with Crippen molar-refractivity contribution in [2.24, 2.45) is 14.1 Å². The Hall–Kier alpha value is -3.47. The number of imidazole rings is 1. The first-order valence-electron chi connectivity index (χ1n) is 9.93. The summed E-state index contributed by atoms with van der Waals surface area (Å²) in [5.41, 5.74) is 1.93. The molecule has 0 radical (unpaired) electrons. The molecule has 0 fully saturated rings. The van der Waals surface area contributed by atoms with Gasteiger partial charge in [0.05, 0.1) is 23.0 Å². The van der Waals surface area contributed by atoms with Crippen molar-refractivity contribution in [1.82, 2.24) is 9.13 Å². The lowest BCUT2D eigenvalue weighted by Gasteiger charge is -2.29. The molecular weight excluding hydrogens is 436 g/mol. The van der Waals surface area contributed by atoms with Gasteiger partial charge in [0.2, 0.25) is 15.9 Å². The van der Waals surface area contributed by atoms with Crippen molar-refractivity contribution in [3.8, 4) is 11.5 Å². The fraction of sp³-hybridized carbons (Fsp3) is 0.333. The van der Waals surface area contributed by atoms with Crippen LogP contribution in [0.2, 0.25) is 0 Å². The molecule has 0 saturated carbocycles. The van der Waals surface area contributed by atoms with Gasteiger partial charge >= 0.3 is 5.69 Å². The molecule has 0 bridgehead atoms. The number of nitrogens with zero attached hydrogens (tertiary/aromatic N) is 3. The van der Waals surface area contributed by atoms with Gasteiger partial charge in [0.25, 0.3) is 0 Å². The number of aryl methyl sites for hydroxylation is 2. The van der Waals surface area contributed by atoms with Crippen LogP contribution < -0.4 is 24.8 Å². The highest BCUT2D eigenvalue weighted by molar-refractivity contribution is 7.92. The van der Waals surface area contributed by atoms with E-state index in [1.807, 2.05) is 0 Å². The Morgan fingerprint density at radius 1 is 1.03 bits per heavy atom. The molecule has 2 heterocycles. The minimum Gasteiger partial charge on any atom is -0.486 e. The van der Waals surface area contributed by atoms with E-state index in [9.17, 15) is 18.0 Å². The Labute approximate surface area is 185 Å². The summed E-state index contributed by atoms with van der Waals surface area (Å²) in [5, 5.41) is 2.75. The molecule has 32 heavy (non-hydrogen) atoms. The standard InChI is InChI=1S/C21H24N4O6S/c1-13(20(26)22-14-5-7-16-17(11-14)24(3)21(27)23(16)2)25(32(4,28)29)15-6-8-18-19(12-15)31-10-9-30-18/h5-8,11-13H,9-10H2,1-4H3,(H,22,26)/t13-/m0/s1. The average Bonchev–Trinajstić information content (AvgIpc) is 2.96. The van der Waals surface area contributed by atoms with Gasteiger partial charge in [-0.05, 0) is 37.3 Å². The number of sulfonamides is 1. The van der Waals surface area contributed by atoms with Gasteiger partial charge in [-0.1, -0.05) is 0 Å². The first-order valence-corrected chi connectivity index (χ1v) is 11.8. The largest absolute Gasteiger partial charge is 0.486 e. The Morgan fingerprint density at radius 3 is 2.38 bits per heavy atom. The highest BCUT2D eigenvalue weighted by atomic mass is 32.2. The molecule has 1 N–H and O–H groups in total. The van der Waals surface area contributed by atoms with E-state index in [1.54, 1.807) is 50.5 Å². The minimum atomic E-state index is -3.80. The number of hydrogen-bond acceptors (Lipinski definition) is 6. The van der Waals surface area contributed by atoms with E-state index in [0.29, 0.717) is 41.6 Å². The quantitative estimate of drug-likeness (QED) is 0.617. The van der Waals surface area contributed by atoms with Crippen LogP contribution in [0.5, 0.6) is 11.5 Å². The zero-order valence-electron chi connectivity index (χ0n) is 18.2. The lowest BCUT2D eigenvalue weighted by atomic mass is 10.2. The van der Waals surface area contributed by atoms with Crippen LogP contribution in [0.25, 0.3) is 11.0 Å². The maximum Gasteiger partial charge on any atom is 0.328 e. The van der Waals surface area contributed by atoms with Crippen LogP contribution in [-0.4, -0.2) is 49.0 Å². The number of fused-ring (bicyclic) bond motifs is 2. The third-order valence-electron chi connectivity index (χ3n) is 5.41. The summed E-state index contributed by atoms with van der Waals surface area (Å²) in [6.45, 7) is 2.28. The predicted octanol–water partition coefficient (Wildman–Crippen LogP) is 1.44. The van der Waals surface area contributed by atoms with Gasteiger partial charge in [-0.15, -0.1) is 0 Å². The molecule has 0 spiro atoms. The van der Waals surface area contributed by atoms with Crippen molar-refractivity contribution in [2.75, 3.05) is 29.1 Å². The summed E-state index contributed by atoms with van der Waals surface area (Å²) in [4.78, 5) is 25.1. The van der Waals surface area contributed by atoms with Crippen molar-refractivity contribution in [3.63, 3.8) is 0 Å². The smallest absolute Gasteiger partial charge is 0.328 e. The second kappa shape index (κ2) is 7.90. The molecule has 2 aromatic carbocycles. The lowest BCUT2D eigenvalue weighted by molar-refractivity contribution is -0.116. The number of ether oxygens (including phenoxy) is 2. The molecule has 1 aliphatic heterocycles. The maximum atomic E-state index is 13.0. The Morgan fingerprint density at radius 2 is 1.69 bits per heavy atom. The van der Waals surface area contributed by atoms with Crippen molar-refractivity contribution in [1.29, 1.82) is 0 Å². The number of anilines is 2. The van der Waals surface area contributed by atoms with Gasteiger partial charge in [-0.2, -0.15) is 0 Å². The van der Waals surface area contributed by atoms with Gasteiger partial charge < -0.3 is 14.8 Å². The number of rotatable bonds is 5. The van der Waals surface area contributed by atoms with Crippen LogP contribution in [-0.2, 0) is 28.9 Å². The Balaban J connectivity index is 1.64. The molecule has 0 unspecified atom stereocenters. The topological polar surface area (TPSA) is 112 Å². The molecule has 3 aromatic rings. The number of nitrogens with one attached hydrogen (secondary N) is 1. The predicted molar refractivity (Wildman–Crippen MR) is 121 cm³/mol. The minimum absolute atomic E-state index is 0.182. The molecule has 0 aliphatic carbocycles. The monoisotopic (exact) mass is 460 g/mol. The number of carbonyl (C=O) groups is 1. The summed E-state index contributed by atoms with van der Waals surface area (Å²) in [5.74, 6) is 0.420. The average molecular weight is 461 g/mol. The van der Waals surface area contributed by atoms with Crippen molar-refractivity contribution in [2.45, 2.75) is 13.0 Å². The fourth-order valence-corrected chi connectivity index (χ4v) is 4.98. The van der Waals surface area contributed by atoms with E-state index in [2.05, 4.69) is 5.32 Å². The number of benzene rings is 2. The van der Waals surface area contributed by atoms with Crippen molar-refractivity contribution >= 4 is 38.3 Å². The Kier molecular flexibility index (Phi) is 5.37. The van der Waals surface area contributed by atoms with Crippen LogP contribution in [0.3, 0.4) is 0 Å².